The molecule has 30 atom stereocenters. The molecule has 22 aliphatic heterocycles. The maximum absolute atomic E-state index is 11.9. The highest BCUT2D eigenvalue weighted by Crippen LogP contribution is 2.39. The zero-order valence-electron chi connectivity index (χ0n) is 38.2. The molecular weight excluding hydrogens is 1000 g/mol. The summed E-state index contributed by atoms with van der Waals surface area (Å²) in [6.45, 7) is -6.07. The summed E-state index contributed by atoms with van der Waals surface area (Å²) in [4.78, 5) is 0. The van der Waals surface area contributed by atoms with Crippen LogP contribution in [0.3, 0.4) is 0 Å². The lowest BCUT2D eigenvalue weighted by atomic mass is 9.94. The van der Waals surface area contributed by atoms with Gasteiger partial charge in [-0.25, -0.2) is 0 Å². The molecule has 0 aromatic heterocycles. The maximum atomic E-state index is 11.9. The Morgan fingerprint density at radius 3 is 0.795 bits per heavy atom. The van der Waals surface area contributed by atoms with Crippen molar-refractivity contribution in [3.05, 3.63) is 24.3 Å². The minimum Gasteiger partial charge on any atom is -0.504 e. The van der Waals surface area contributed by atoms with E-state index in [0.29, 0.717) is 0 Å². The molecule has 22 aliphatic rings. The molecule has 0 saturated carbocycles. The van der Waals surface area contributed by atoms with Gasteiger partial charge in [-0.2, -0.15) is 0 Å². The van der Waals surface area contributed by atoms with E-state index < -0.39 is 230 Å². The molecule has 22 heterocycles. The van der Waals surface area contributed by atoms with Crippen molar-refractivity contribution in [3.8, 4) is 11.5 Å². The summed E-state index contributed by atoms with van der Waals surface area (Å²) in [5.74, 6) is -0.774. The average molecular weight is 1060 g/mol. The lowest BCUT2D eigenvalue weighted by Gasteiger charge is -2.51. The third kappa shape index (κ3) is 11.2. The van der Waals surface area contributed by atoms with Gasteiger partial charge in [0.2, 0.25) is 0 Å². The summed E-state index contributed by atoms with van der Waals surface area (Å²) in [5, 5.41) is 199. The molecule has 73 heavy (non-hydrogen) atoms. The quantitative estimate of drug-likeness (QED) is 0.115. The number of phenolic OH excluding ortho intramolecular Hbond substituents is 1. The molecule has 22 saturated heterocycles. The topological polar surface area (TPSA) is 484 Å². The molecule has 0 amide bonds. The second kappa shape index (κ2) is 24.1. The van der Waals surface area contributed by atoms with Gasteiger partial charge < -0.3 is 153 Å². The second-order valence-electron chi connectivity index (χ2n) is 18.4. The Morgan fingerprint density at radius 2 is 0.534 bits per heavy atom. The zero-order valence-corrected chi connectivity index (χ0v) is 38.2. The van der Waals surface area contributed by atoms with Gasteiger partial charge in [0.1, 0.15) is 140 Å². The van der Waals surface area contributed by atoms with Crippen LogP contribution in [0.25, 0.3) is 0 Å². The fraction of sp³-hybridized carbons (Fsp3) is 0.857. The van der Waals surface area contributed by atoms with Crippen molar-refractivity contribution in [1.29, 1.82) is 0 Å². The van der Waals surface area contributed by atoms with Crippen LogP contribution in [0.2, 0.25) is 0 Å². The minimum atomic E-state index is -2.18. The Hall–Kier alpha value is -2.34. The number of ether oxygens (including phenoxy) is 13. The third-order valence-electron chi connectivity index (χ3n) is 13.8. The number of rotatable bonds is 8. The highest BCUT2D eigenvalue weighted by Gasteiger charge is 2.59. The van der Waals surface area contributed by atoms with Crippen LogP contribution in [-0.2, 0) is 56.8 Å². The number of hydrogen-bond acceptors (Lipinski definition) is 31. The molecule has 1 aromatic carbocycles. The molecule has 0 spiro atoms. The predicted octanol–water partition coefficient (Wildman–Crippen LogP) is -11.3. The standard InChI is InChI=1S/C42H64O31/c43-5-13-30-19(50)24(55)37(62-13)69-31-14(6-44)64-39(26(57)21(31)52)71-33-16(8-46)66-41(28(59)23(33)54)73-35-18(10-48)67-42(29(60)36(35)61-12-4-2-1-3-11(12)49)72-34-17(9-47)65-40(27(58)22(34)53)70-32-15(7-45)63-38(68-30)25(56)20(32)51/h1-4,13-60H,5-10H2/t13-,14-,15-,16-,17-,18-,19?,20?,21?,22?,23?,24?,25?,26?,27?,28?,29?,30-,31-,32-,33-,34-,35?,36?,37-,38-,39-,40-,41?,42-/m1/s1. The van der Waals surface area contributed by atoms with Crippen LogP contribution in [0.15, 0.2) is 24.3 Å². The number of para-hydroxylation sites is 2. The number of hydrogen-bond donors (Lipinski definition) is 18. The highest BCUT2D eigenvalue weighted by molar-refractivity contribution is 5.38. The highest BCUT2D eigenvalue weighted by atomic mass is 16.8. The van der Waals surface area contributed by atoms with Crippen molar-refractivity contribution < 1.29 is 153 Å². The molecule has 22 fully saturated rings. The first-order valence-corrected chi connectivity index (χ1v) is 23.3. The van der Waals surface area contributed by atoms with E-state index in [1.54, 1.807) is 0 Å². The molecule has 23 rings (SSSR count). The molecular formula is C42H64O31. The van der Waals surface area contributed by atoms with Gasteiger partial charge in [0.05, 0.1) is 39.6 Å². The van der Waals surface area contributed by atoms with E-state index in [2.05, 4.69) is 0 Å². The summed E-state index contributed by atoms with van der Waals surface area (Å²) in [6, 6.07) is 5.33. The van der Waals surface area contributed by atoms with Crippen molar-refractivity contribution in [1.82, 2.24) is 0 Å². The summed E-state index contributed by atoms with van der Waals surface area (Å²) >= 11 is 0. The molecule has 31 nitrogen and oxygen atoms in total. The van der Waals surface area contributed by atoms with E-state index in [1.807, 2.05) is 0 Å². The van der Waals surface area contributed by atoms with E-state index in [4.69, 9.17) is 61.6 Å². The van der Waals surface area contributed by atoms with Gasteiger partial charge in [-0.15, -0.1) is 0 Å². The minimum absolute atomic E-state index is 0.297. The number of aliphatic hydroxyl groups excluding tert-OH is 17. The first kappa shape index (κ1) is 56.9. The van der Waals surface area contributed by atoms with Crippen molar-refractivity contribution >= 4 is 0 Å². The third-order valence-corrected chi connectivity index (χ3v) is 13.8. The number of phenols is 1. The molecule has 0 aliphatic carbocycles. The molecule has 1 aromatic rings. The summed E-state index contributed by atoms with van der Waals surface area (Å²) < 4.78 is 75.4. The molecule has 18 N–H and O–H groups in total. The monoisotopic (exact) mass is 1060 g/mol. The lowest BCUT2D eigenvalue weighted by molar-refractivity contribution is -0.403. The van der Waals surface area contributed by atoms with Gasteiger partial charge in [-0.3, -0.25) is 0 Å². The Kier molecular flexibility index (Phi) is 18.8. The van der Waals surface area contributed by atoms with Crippen LogP contribution >= 0.6 is 0 Å². The van der Waals surface area contributed by atoms with Gasteiger partial charge in [0, 0.05) is 0 Å². The van der Waals surface area contributed by atoms with Crippen molar-refractivity contribution in [2.75, 3.05) is 39.6 Å². The second-order valence-corrected chi connectivity index (χ2v) is 18.4. The Bertz CT molecular complexity index is 1880. The van der Waals surface area contributed by atoms with E-state index in [9.17, 15) is 91.9 Å². The average Bonchev–Trinajstić information content (AvgIpc) is 3.38. The lowest BCUT2D eigenvalue weighted by Crippen LogP contribution is -2.69. The van der Waals surface area contributed by atoms with Crippen LogP contribution in [0.1, 0.15) is 0 Å². The Labute approximate surface area is 412 Å². The van der Waals surface area contributed by atoms with Crippen LogP contribution in [0.5, 0.6) is 11.5 Å². The molecule has 0 radical (unpaired) electrons. The van der Waals surface area contributed by atoms with Gasteiger partial charge in [-0.05, 0) is 12.1 Å². The van der Waals surface area contributed by atoms with Crippen molar-refractivity contribution in [3.63, 3.8) is 0 Å². The maximum Gasteiger partial charge on any atom is 0.188 e. The molecule has 14 unspecified atom stereocenters. The Morgan fingerprint density at radius 1 is 0.301 bits per heavy atom. The predicted molar refractivity (Wildman–Crippen MR) is 222 cm³/mol. The summed E-state index contributed by atoms with van der Waals surface area (Å²) in [5.41, 5.74) is 0. The van der Waals surface area contributed by atoms with Crippen LogP contribution in [0.4, 0.5) is 0 Å². The number of aliphatic hydroxyl groups is 17. The zero-order chi connectivity index (χ0) is 52.7. The molecule has 12 bridgehead atoms. The normalized spacial score (nSPS) is 51.1. The summed E-state index contributed by atoms with van der Waals surface area (Å²) in [6.07, 6.45) is -58.7. The fourth-order valence-corrected chi connectivity index (χ4v) is 9.75. The van der Waals surface area contributed by atoms with Gasteiger partial charge in [0.25, 0.3) is 0 Å². The number of aromatic hydroxyl groups is 1. The smallest absolute Gasteiger partial charge is 0.188 e. The van der Waals surface area contributed by atoms with E-state index in [0.717, 1.165) is 0 Å². The summed E-state index contributed by atoms with van der Waals surface area (Å²) in [7, 11) is 0. The molecule has 418 valence electrons. The Balaban J connectivity index is 1.13. The van der Waals surface area contributed by atoms with Crippen LogP contribution in [0, 0.1) is 0 Å². The van der Waals surface area contributed by atoms with Gasteiger partial charge in [-0.1, -0.05) is 12.1 Å². The first-order valence-electron chi connectivity index (χ1n) is 23.3. The van der Waals surface area contributed by atoms with Gasteiger partial charge >= 0.3 is 0 Å². The largest absolute Gasteiger partial charge is 0.504 e. The van der Waals surface area contributed by atoms with Crippen molar-refractivity contribution in [2.24, 2.45) is 0 Å². The molecule has 31 heteroatoms. The van der Waals surface area contributed by atoms with E-state index in [1.165, 1.54) is 24.3 Å². The van der Waals surface area contributed by atoms with E-state index in [-0.39, 0.29) is 5.75 Å². The van der Waals surface area contributed by atoms with Crippen LogP contribution in [-0.4, -0.2) is 316 Å². The SMILES string of the molecule is OC[C@H]1O[C@@H]2O[C@H]3C(O)C(O)[C@H](O[C@@H]3CO)O[C@H]3C(O)C(O)[C@H](O[C@@H]3CO)O[C@H]3C(O)C(O)[C@H](O[C@@H]3CO)O[C@H]3C(O)C(O)[C@H](O[C@@H]3CO)O[C@H]3C(O)C(O)C(OC1C(Oc1ccccc1O)C2O)O[C@@H]3CO. The van der Waals surface area contributed by atoms with Gasteiger partial charge in [0.15, 0.2) is 55.3 Å². The first-order chi connectivity index (χ1) is 34.9. The van der Waals surface area contributed by atoms with Crippen molar-refractivity contribution in [2.45, 2.75) is 184 Å². The van der Waals surface area contributed by atoms with E-state index >= 15 is 0 Å². The number of benzene rings is 1. The fourth-order valence-electron chi connectivity index (χ4n) is 9.75. The van der Waals surface area contributed by atoms with Crippen LogP contribution < -0.4 is 4.74 Å².